The summed E-state index contributed by atoms with van der Waals surface area (Å²) in [6, 6.07) is 22.6. The van der Waals surface area contributed by atoms with Gasteiger partial charge in [-0.25, -0.2) is 87.8 Å². The maximum absolute atomic E-state index is 15.3. The van der Waals surface area contributed by atoms with E-state index in [9.17, 15) is 52.7 Å². The Labute approximate surface area is 452 Å². The number of fused-ring (bicyclic) bond motifs is 9. The van der Waals surface area contributed by atoms with Crippen molar-refractivity contribution in [1.29, 1.82) is 0 Å². The van der Waals surface area contributed by atoms with Crippen LogP contribution in [0.2, 0.25) is 0 Å². The van der Waals surface area contributed by atoms with E-state index in [-0.39, 0.29) is 55.0 Å². The fraction of sp³-hybridized carbons (Fsp3) is 0. The molecular weight excluding hydrogens is 1160 g/mol. The highest BCUT2D eigenvalue weighted by Gasteiger charge is 2.32. The SMILES string of the molecule is Fc1c(F)c(F)c(-c2ccc3c(c2)c2cc(-c4c(F)c(F)c(F)c(F)c4F)ccc2n3-c2ccc3sc4ccc(-n5c6ccc(-c7c(F)c(F)c(F)c(F)c7F)cc6c6cc(-c7c(F)c(F)c(F)c(F)c7F)ccc65)cc4c3c2)c(F)c1F. The lowest BCUT2D eigenvalue weighted by Gasteiger charge is -2.12. The van der Waals surface area contributed by atoms with Crippen LogP contribution in [0.5, 0.6) is 0 Å². The zero-order valence-electron chi connectivity index (χ0n) is 40.3. The third-order valence-corrected chi connectivity index (χ3v) is 15.6. The molecule has 0 unspecified atom stereocenters. The predicted molar refractivity (Wildman–Crippen MR) is 269 cm³/mol. The molecule has 2 nitrogen and oxygen atoms in total. The standard InChI is InChI=1S/C60H18F20N2S/c61-41-37(42(62)50(70)57(77)49(41)69)19-1-7-31-25(13-19)26-14-20(38-43(63)51(71)58(78)52(72)44(38)64)2-8-32(26)81(31)23-5-11-35-29(17-23)30-18-24(6-12-36(30)83-35)82-33-9-3-21(39-45(65)53(73)59(79)54(74)46(39)66)15-27(33)28-16-22(4-10-34(28)82)40-47(67)55(75)60(80)56(76)48(40)68/h1-18H. The first-order chi connectivity index (χ1) is 39.5. The lowest BCUT2D eigenvalue weighted by atomic mass is 9.98. The molecule has 0 saturated carbocycles. The highest BCUT2D eigenvalue weighted by atomic mass is 32.1. The summed E-state index contributed by atoms with van der Waals surface area (Å²) in [5.41, 5.74) is -6.92. The Morgan fingerprint density at radius 2 is 0.410 bits per heavy atom. The molecule has 13 rings (SSSR count). The topological polar surface area (TPSA) is 9.86 Å². The molecular formula is C60H18F20N2S. The van der Waals surface area contributed by atoms with Gasteiger partial charge in [-0.3, -0.25) is 0 Å². The van der Waals surface area contributed by atoms with Crippen molar-refractivity contribution in [3.8, 4) is 55.9 Å². The van der Waals surface area contributed by atoms with E-state index in [1.165, 1.54) is 44.7 Å². The number of hydrogen-bond acceptors (Lipinski definition) is 1. The molecule has 0 N–H and O–H groups in total. The molecule has 0 radical (unpaired) electrons. The van der Waals surface area contributed by atoms with E-state index in [0.29, 0.717) is 20.2 Å². The van der Waals surface area contributed by atoms with E-state index in [1.807, 2.05) is 0 Å². The van der Waals surface area contributed by atoms with Crippen LogP contribution in [0.3, 0.4) is 0 Å². The molecule has 3 heterocycles. The Morgan fingerprint density at radius 1 is 0.205 bits per heavy atom. The minimum atomic E-state index is -2.46. The summed E-state index contributed by atoms with van der Waals surface area (Å²) >= 11 is 1.26. The number of benzene rings is 10. The molecule has 0 bridgehead atoms. The molecule has 0 saturated heterocycles. The minimum absolute atomic E-state index is 0.0947. The maximum Gasteiger partial charge on any atom is 0.200 e. The molecule has 0 aliphatic rings. The van der Waals surface area contributed by atoms with Gasteiger partial charge >= 0.3 is 0 Å². The van der Waals surface area contributed by atoms with Gasteiger partial charge in [0.25, 0.3) is 0 Å². The molecule has 83 heavy (non-hydrogen) atoms. The minimum Gasteiger partial charge on any atom is -0.309 e. The van der Waals surface area contributed by atoms with Crippen molar-refractivity contribution in [2.75, 3.05) is 0 Å². The fourth-order valence-electron chi connectivity index (χ4n) is 10.7. The molecule has 0 amide bonds. The van der Waals surface area contributed by atoms with Crippen molar-refractivity contribution in [3.05, 3.63) is 226 Å². The van der Waals surface area contributed by atoms with Gasteiger partial charge in [0.05, 0.1) is 44.3 Å². The van der Waals surface area contributed by atoms with Crippen LogP contribution in [-0.4, -0.2) is 9.13 Å². The predicted octanol–water partition coefficient (Wildman–Crippen LogP) is 19.7. The molecule has 414 valence electrons. The number of thiophene rings is 1. The van der Waals surface area contributed by atoms with Crippen molar-refractivity contribution >= 4 is 75.1 Å². The summed E-state index contributed by atoms with van der Waals surface area (Å²) < 4.78 is 300. The molecule has 0 spiro atoms. The maximum atomic E-state index is 15.3. The summed E-state index contributed by atoms with van der Waals surface area (Å²) in [7, 11) is 0. The third-order valence-electron chi connectivity index (χ3n) is 14.5. The van der Waals surface area contributed by atoms with Crippen molar-refractivity contribution < 1.29 is 87.8 Å². The smallest absolute Gasteiger partial charge is 0.200 e. The van der Waals surface area contributed by atoms with Crippen LogP contribution in [0, 0.1) is 116 Å². The molecule has 13 aromatic rings. The molecule has 0 aliphatic carbocycles. The monoisotopic (exact) mass is 1180 g/mol. The Bertz CT molecular complexity index is 4430. The average Bonchev–Trinajstić information content (AvgIpc) is 2.24. The van der Waals surface area contributed by atoms with Gasteiger partial charge in [-0.15, -0.1) is 11.3 Å². The summed E-state index contributed by atoms with van der Waals surface area (Å²) in [5, 5.41) is 0.563. The van der Waals surface area contributed by atoms with Gasteiger partial charge in [0.1, 0.15) is 0 Å². The zero-order chi connectivity index (χ0) is 58.8. The second kappa shape index (κ2) is 18.6. The van der Waals surface area contributed by atoms with Crippen LogP contribution in [0.1, 0.15) is 0 Å². The second-order valence-corrected chi connectivity index (χ2v) is 19.9. The van der Waals surface area contributed by atoms with Gasteiger partial charge in [0.15, 0.2) is 93.1 Å². The molecule has 3 aromatic heterocycles. The van der Waals surface area contributed by atoms with Gasteiger partial charge < -0.3 is 9.13 Å². The van der Waals surface area contributed by atoms with Crippen LogP contribution in [-0.2, 0) is 0 Å². The van der Waals surface area contributed by atoms with E-state index >= 15 is 35.1 Å². The highest BCUT2D eigenvalue weighted by molar-refractivity contribution is 7.25. The van der Waals surface area contributed by atoms with Crippen molar-refractivity contribution in [2.45, 2.75) is 0 Å². The van der Waals surface area contributed by atoms with Crippen LogP contribution in [0.15, 0.2) is 109 Å². The number of hydrogen-bond donors (Lipinski definition) is 0. The Kier molecular flexibility index (Phi) is 11.9. The first-order valence-corrected chi connectivity index (χ1v) is 24.5. The van der Waals surface area contributed by atoms with Crippen LogP contribution in [0.4, 0.5) is 87.8 Å². The van der Waals surface area contributed by atoms with Crippen LogP contribution >= 0.6 is 11.3 Å². The van der Waals surface area contributed by atoms with Crippen LogP contribution < -0.4 is 0 Å². The lowest BCUT2D eigenvalue weighted by Crippen LogP contribution is -2.04. The summed E-state index contributed by atoms with van der Waals surface area (Å²) in [5.74, 6) is -45.8. The van der Waals surface area contributed by atoms with E-state index in [0.717, 1.165) is 48.5 Å². The molecule has 23 heteroatoms. The van der Waals surface area contributed by atoms with Gasteiger partial charge in [0.2, 0.25) is 23.3 Å². The molecule has 0 atom stereocenters. The summed E-state index contributed by atoms with van der Waals surface area (Å²) in [6.07, 6.45) is 0. The van der Waals surface area contributed by atoms with Gasteiger partial charge in [-0.05, 0) is 107 Å². The Morgan fingerprint density at radius 3 is 0.627 bits per heavy atom. The summed E-state index contributed by atoms with van der Waals surface area (Å²) in [4.78, 5) is 0. The quantitative estimate of drug-likeness (QED) is 0.0892. The Hall–Kier alpha value is -9.38. The second-order valence-electron chi connectivity index (χ2n) is 18.8. The van der Waals surface area contributed by atoms with E-state index < -0.39 is 161 Å². The van der Waals surface area contributed by atoms with Gasteiger partial charge in [-0.2, -0.15) is 0 Å². The summed E-state index contributed by atoms with van der Waals surface area (Å²) in [6.45, 7) is 0. The average molecular weight is 1180 g/mol. The largest absolute Gasteiger partial charge is 0.309 e. The van der Waals surface area contributed by atoms with Gasteiger partial charge in [-0.1, -0.05) is 24.3 Å². The van der Waals surface area contributed by atoms with E-state index in [4.69, 9.17) is 0 Å². The van der Waals surface area contributed by atoms with E-state index in [1.54, 1.807) is 36.4 Å². The molecule has 0 aliphatic heterocycles. The Balaban J connectivity index is 1.03. The molecule has 10 aromatic carbocycles. The number of aromatic nitrogens is 2. The first kappa shape index (κ1) is 53.0. The normalized spacial score (nSPS) is 12.1. The van der Waals surface area contributed by atoms with Gasteiger partial charge in [0, 0.05) is 53.1 Å². The fourth-order valence-corrected chi connectivity index (χ4v) is 11.8. The highest BCUT2D eigenvalue weighted by Crippen LogP contribution is 2.46. The van der Waals surface area contributed by atoms with E-state index in [2.05, 4.69) is 0 Å². The third kappa shape index (κ3) is 7.44. The van der Waals surface area contributed by atoms with Crippen molar-refractivity contribution in [3.63, 3.8) is 0 Å². The van der Waals surface area contributed by atoms with Crippen molar-refractivity contribution in [2.24, 2.45) is 0 Å². The first-order valence-electron chi connectivity index (χ1n) is 23.7. The van der Waals surface area contributed by atoms with Crippen molar-refractivity contribution in [1.82, 2.24) is 9.13 Å². The number of rotatable bonds is 6. The number of nitrogens with zero attached hydrogens (tertiary/aromatic N) is 2. The lowest BCUT2D eigenvalue weighted by molar-refractivity contribution is 0.381. The zero-order valence-corrected chi connectivity index (χ0v) is 41.1. The van der Waals surface area contributed by atoms with Crippen LogP contribution in [0.25, 0.3) is 120 Å². The number of halogens is 20. The molecule has 0 fully saturated rings.